The smallest absolute Gasteiger partial charge is 0.318 e. The van der Waals surface area contributed by atoms with Crippen molar-refractivity contribution in [2.75, 3.05) is 26.2 Å². The first-order valence-corrected chi connectivity index (χ1v) is 7.14. The second-order valence-electron chi connectivity index (χ2n) is 4.95. The number of nitrogens with one attached hydrogen (secondary N) is 1. The highest BCUT2D eigenvalue weighted by Gasteiger charge is 2.38. The number of carbonyl (C=O) groups is 1. The highest BCUT2D eigenvalue weighted by atomic mass is 79.9. The lowest BCUT2D eigenvalue weighted by Crippen LogP contribution is -2.49. The molecule has 1 N–H and O–H groups in total. The number of halogens is 2. The van der Waals surface area contributed by atoms with Gasteiger partial charge in [0.15, 0.2) is 0 Å². The van der Waals surface area contributed by atoms with Gasteiger partial charge in [0.2, 0.25) is 0 Å². The summed E-state index contributed by atoms with van der Waals surface area (Å²) in [4.78, 5) is 16.0. The molecular weight excluding hydrogens is 313 g/mol. The van der Waals surface area contributed by atoms with E-state index in [0.29, 0.717) is 11.0 Å². The fraction of sp³-hybridized carbons (Fsp3) is 0.462. The highest BCUT2D eigenvalue weighted by molar-refractivity contribution is 9.10. The Morgan fingerprint density at radius 2 is 2.32 bits per heavy atom. The van der Waals surface area contributed by atoms with Gasteiger partial charge in [-0.15, -0.1) is 0 Å². The highest BCUT2D eigenvalue weighted by Crippen LogP contribution is 2.24. The Balaban J connectivity index is 1.75. The number of rotatable bonds is 2. The molecule has 2 aliphatic rings. The second kappa shape index (κ2) is 5.09. The molecule has 0 aliphatic carbocycles. The molecule has 0 radical (unpaired) electrons. The first-order chi connectivity index (χ1) is 9.15. The third kappa shape index (κ3) is 2.47. The van der Waals surface area contributed by atoms with Gasteiger partial charge in [-0.1, -0.05) is 22.0 Å². The zero-order valence-corrected chi connectivity index (χ0v) is 12.0. The Morgan fingerprint density at radius 1 is 1.47 bits per heavy atom. The number of nitrogens with zero attached hydrogens (tertiary/aromatic N) is 2. The van der Waals surface area contributed by atoms with Gasteiger partial charge < -0.3 is 15.1 Å². The van der Waals surface area contributed by atoms with Crippen LogP contribution in [0.25, 0.3) is 0 Å². The van der Waals surface area contributed by atoms with E-state index in [-0.39, 0.29) is 17.9 Å². The maximum atomic E-state index is 13.1. The summed E-state index contributed by atoms with van der Waals surface area (Å²) in [5.74, 6) is -0.273. The fourth-order valence-corrected chi connectivity index (χ4v) is 3.15. The largest absolute Gasteiger partial charge is 0.320 e. The lowest BCUT2D eigenvalue weighted by Gasteiger charge is -2.28. The van der Waals surface area contributed by atoms with Crippen molar-refractivity contribution in [1.82, 2.24) is 15.1 Å². The second-order valence-corrected chi connectivity index (χ2v) is 5.80. The third-order valence-corrected chi connectivity index (χ3v) is 4.41. The Hall–Kier alpha value is -1.14. The molecule has 2 amide bonds. The Bertz CT molecular complexity index is 511. The molecular formula is C13H15BrFN3O. The van der Waals surface area contributed by atoms with Crippen LogP contribution >= 0.6 is 15.9 Å². The molecule has 19 heavy (non-hydrogen) atoms. The quantitative estimate of drug-likeness (QED) is 0.899. The molecule has 2 fully saturated rings. The van der Waals surface area contributed by atoms with Gasteiger partial charge >= 0.3 is 6.03 Å². The summed E-state index contributed by atoms with van der Waals surface area (Å²) in [5.41, 5.74) is 0.933. The van der Waals surface area contributed by atoms with Crippen molar-refractivity contribution in [3.63, 3.8) is 0 Å². The van der Waals surface area contributed by atoms with Crippen LogP contribution in [0.4, 0.5) is 9.18 Å². The van der Waals surface area contributed by atoms with Gasteiger partial charge in [-0.25, -0.2) is 9.18 Å². The lowest BCUT2D eigenvalue weighted by atomic mass is 10.2. The predicted octanol–water partition coefficient (Wildman–Crippen LogP) is 1.80. The van der Waals surface area contributed by atoms with E-state index in [0.717, 1.165) is 31.7 Å². The molecule has 2 saturated heterocycles. The lowest BCUT2D eigenvalue weighted by molar-refractivity contribution is 0.178. The molecule has 2 heterocycles. The number of hydrogen-bond donors (Lipinski definition) is 1. The van der Waals surface area contributed by atoms with Gasteiger partial charge in [0.25, 0.3) is 0 Å². The summed E-state index contributed by atoms with van der Waals surface area (Å²) in [7, 11) is 0. The van der Waals surface area contributed by atoms with Crippen molar-refractivity contribution in [3.8, 4) is 0 Å². The van der Waals surface area contributed by atoms with E-state index in [1.165, 1.54) is 12.1 Å². The van der Waals surface area contributed by atoms with Crippen LogP contribution in [0, 0.1) is 5.82 Å². The van der Waals surface area contributed by atoms with Crippen molar-refractivity contribution >= 4 is 22.0 Å². The molecule has 0 saturated carbocycles. The molecule has 0 bridgehead atoms. The van der Waals surface area contributed by atoms with Crippen LogP contribution in [0.1, 0.15) is 5.56 Å². The van der Waals surface area contributed by atoms with E-state index in [1.807, 2.05) is 9.80 Å². The SMILES string of the molecule is O=C1N(Cc2ccc(F)cc2Br)CC2CNCCN12. The summed E-state index contributed by atoms with van der Waals surface area (Å²) in [6.07, 6.45) is 0. The summed E-state index contributed by atoms with van der Waals surface area (Å²) in [5, 5.41) is 3.30. The topological polar surface area (TPSA) is 35.6 Å². The van der Waals surface area contributed by atoms with Crippen LogP contribution in [-0.4, -0.2) is 48.1 Å². The maximum absolute atomic E-state index is 13.1. The van der Waals surface area contributed by atoms with Gasteiger partial charge in [0, 0.05) is 37.2 Å². The van der Waals surface area contributed by atoms with Gasteiger partial charge in [0.05, 0.1) is 6.04 Å². The van der Waals surface area contributed by atoms with Crippen molar-refractivity contribution < 1.29 is 9.18 Å². The van der Waals surface area contributed by atoms with Gasteiger partial charge in [0.1, 0.15) is 5.82 Å². The zero-order chi connectivity index (χ0) is 13.4. The van der Waals surface area contributed by atoms with Gasteiger partial charge in [-0.05, 0) is 17.7 Å². The molecule has 0 spiro atoms. The predicted molar refractivity (Wildman–Crippen MR) is 73.3 cm³/mol. The summed E-state index contributed by atoms with van der Waals surface area (Å²) in [6, 6.07) is 4.94. The molecule has 1 atom stereocenters. The summed E-state index contributed by atoms with van der Waals surface area (Å²) < 4.78 is 13.8. The van der Waals surface area contributed by atoms with Gasteiger partial charge in [-0.3, -0.25) is 0 Å². The minimum absolute atomic E-state index is 0.0859. The summed E-state index contributed by atoms with van der Waals surface area (Å²) in [6.45, 7) is 3.73. The Labute approximate surface area is 119 Å². The van der Waals surface area contributed by atoms with E-state index in [9.17, 15) is 9.18 Å². The Kier molecular flexibility index (Phi) is 3.45. The van der Waals surface area contributed by atoms with Crippen molar-refractivity contribution in [1.29, 1.82) is 0 Å². The van der Waals surface area contributed by atoms with Crippen molar-refractivity contribution in [3.05, 3.63) is 34.1 Å². The van der Waals surface area contributed by atoms with E-state index < -0.39 is 0 Å². The van der Waals surface area contributed by atoms with Crippen LogP contribution < -0.4 is 5.32 Å². The molecule has 0 aromatic heterocycles. The standard InChI is InChI=1S/C13H15BrFN3O/c14-12-5-10(15)2-1-9(12)7-17-8-11-6-16-3-4-18(11)13(17)19/h1-2,5,11,16H,3-4,6-8H2. The van der Waals surface area contributed by atoms with E-state index >= 15 is 0 Å². The van der Waals surface area contributed by atoms with Gasteiger partial charge in [-0.2, -0.15) is 0 Å². The van der Waals surface area contributed by atoms with Crippen LogP contribution in [-0.2, 0) is 6.54 Å². The molecule has 102 valence electrons. The molecule has 4 nitrogen and oxygen atoms in total. The van der Waals surface area contributed by atoms with Crippen molar-refractivity contribution in [2.24, 2.45) is 0 Å². The molecule has 3 rings (SSSR count). The normalized spacial score (nSPS) is 22.8. The first-order valence-electron chi connectivity index (χ1n) is 6.35. The third-order valence-electron chi connectivity index (χ3n) is 3.67. The van der Waals surface area contributed by atoms with Crippen molar-refractivity contribution in [2.45, 2.75) is 12.6 Å². The number of carbonyl (C=O) groups excluding carboxylic acids is 1. The Morgan fingerprint density at radius 3 is 3.05 bits per heavy atom. The molecule has 2 aliphatic heterocycles. The van der Waals surface area contributed by atoms with Crippen LogP contribution in [0.5, 0.6) is 0 Å². The molecule has 1 aromatic rings. The first kappa shape index (κ1) is 12.9. The number of hydrogen-bond acceptors (Lipinski definition) is 2. The number of amides is 2. The summed E-state index contributed by atoms with van der Waals surface area (Å²) >= 11 is 3.35. The molecule has 1 aromatic carbocycles. The zero-order valence-electron chi connectivity index (χ0n) is 10.4. The average Bonchev–Trinajstić information content (AvgIpc) is 2.70. The van der Waals surface area contributed by atoms with Crippen LogP contribution in [0.15, 0.2) is 22.7 Å². The van der Waals surface area contributed by atoms with E-state index in [4.69, 9.17) is 0 Å². The molecule has 1 unspecified atom stereocenters. The number of urea groups is 1. The monoisotopic (exact) mass is 327 g/mol. The number of benzene rings is 1. The van der Waals surface area contributed by atoms with E-state index in [1.54, 1.807) is 6.07 Å². The number of fused-ring (bicyclic) bond motifs is 1. The van der Waals surface area contributed by atoms with Crippen LogP contribution in [0.2, 0.25) is 0 Å². The average molecular weight is 328 g/mol. The fourth-order valence-electron chi connectivity index (χ4n) is 2.68. The van der Waals surface area contributed by atoms with Crippen LogP contribution in [0.3, 0.4) is 0 Å². The molecule has 6 heteroatoms. The minimum Gasteiger partial charge on any atom is -0.318 e. The minimum atomic E-state index is -0.273. The van der Waals surface area contributed by atoms with E-state index in [2.05, 4.69) is 21.2 Å². The number of piperazine rings is 1. The maximum Gasteiger partial charge on any atom is 0.320 e.